The summed E-state index contributed by atoms with van der Waals surface area (Å²) in [4.78, 5) is 35.6. The number of benzene rings is 2. The zero-order valence-corrected chi connectivity index (χ0v) is 21.5. The van der Waals surface area contributed by atoms with E-state index in [1.54, 1.807) is 35.1 Å². The topological polar surface area (TPSA) is 76.5 Å². The fraction of sp³-hybridized carbons (Fsp3) is 0.269. The van der Waals surface area contributed by atoms with Crippen LogP contribution >= 0.6 is 23.1 Å². The number of carbonyl (C=O) groups excluding carboxylic acids is 1. The van der Waals surface area contributed by atoms with E-state index in [-0.39, 0.29) is 23.0 Å². The Bertz CT molecular complexity index is 1470. The van der Waals surface area contributed by atoms with Gasteiger partial charge >= 0.3 is 0 Å². The molecule has 2 aromatic carbocycles. The van der Waals surface area contributed by atoms with Crippen molar-refractivity contribution in [3.8, 4) is 11.4 Å². The molecule has 0 fully saturated rings. The molecule has 10 heteroatoms. The summed E-state index contributed by atoms with van der Waals surface area (Å²) in [5.41, 5.74) is 2.12. The van der Waals surface area contributed by atoms with Crippen LogP contribution in [0.25, 0.3) is 15.9 Å². The summed E-state index contributed by atoms with van der Waals surface area (Å²) >= 11 is 2.75. The number of hydrogen-bond acceptors (Lipinski definition) is 7. The Morgan fingerprint density at radius 1 is 1.19 bits per heavy atom. The van der Waals surface area contributed by atoms with Crippen LogP contribution in [0.1, 0.15) is 17.4 Å². The van der Waals surface area contributed by atoms with Gasteiger partial charge in [-0.15, -0.1) is 11.3 Å². The third-order valence-corrected chi connectivity index (χ3v) is 8.21. The Morgan fingerprint density at radius 3 is 2.64 bits per heavy atom. The average Bonchev–Trinajstić information content (AvgIpc) is 3.26. The van der Waals surface area contributed by atoms with Gasteiger partial charge in [0.05, 0.1) is 23.9 Å². The van der Waals surface area contributed by atoms with Crippen molar-refractivity contribution in [2.45, 2.75) is 25.0 Å². The second-order valence-electron chi connectivity index (χ2n) is 8.38. The first kappa shape index (κ1) is 24.5. The number of anilines is 1. The summed E-state index contributed by atoms with van der Waals surface area (Å²) in [5.74, 6) is 0.0804. The molecular weight excluding hydrogens is 499 g/mol. The number of carbonyl (C=O) groups is 1. The maximum Gasteiger partial charge on any atom is 0.267 e. The first-order valence-electron chi connectivity index (χ1n) is 11.6. The molecule has 3 heterocycles. The lowest BCUT2D eigenvalue weighted by Crippen LogP contribution is -2.30. The number of hydrogen-bond donors (Lipinski definition) is 1. The molecule has 5 rings (SSSR count). The summed E-state index contributed by atoms with van der Waals surface area (Å²) in [6.45, 7) is 4.83. The van der Waals surface area contributed by atoms with Crippen LogP contribution in [0.15, 0.2) is 58.5 Å². The third kappa shape index (κ3) is 4.88. The van der Waals surface area contributed by atoms with Crippen molar-refractivity contribution in [2.75, 3.05) is 31.3 Å². The molecule has 1 aliphatic rings. The minimum atomic E-state index is -0.371. The number of amides is 1. The van der Waals surface area contributed by atoms with Crippen LogP contribution in [-0.4, -0.2) is 46.3 Å². The normalized spacial score (nSPS) is 13.5. The van der Waals surface area contributed by atoms with Crippen LogP contribution in [-0.2, 0) is 17.8 Å². The second kappa shape index (κ2) is 10.4. The van der Waals surface area contributed by atoms with Gasteiger partial charge in [0.25, 0.3) is 5.56 Å². The van der Waals surface area contributed by atoms with E-state index in [4.69, 9.17) is 9.72 Å². The maximum atomic E-state index is 13.9. The summed E-state index contributed by atoms with van der Waals surface area (Å²) in [6, 6.07) is 12.8. The van der Waals surface area contributed by atoms with Crippen molar-refractivity contribution in [1.82, 2.24) is 14.5 Å². The number of rotatable bonds is 7. The predicted octanol–water partition coefficient (Wildman–Crippen LogP) is 4.70. The molecule has 186 valence electrons. The highest BCUT2D eigenvalue weighted by Gasteiger charge is 2.25. The van der Waals surface area contributed by atoms with E-state index in [0.29, 0.717) is 32.5 Å². The smallest absolute Gasteiger partial charge is 0.267 e. The molecule has 0 unspecified atom stereocenters. The lowest BCUT2D eigenvalue weighted by atomic mass is 10.1. The summed E-state index contributed by atoms with van der Waals surface area (Å²) < 4.78 is 20.0. The van der Waals surface area contributed by atoms with Crippen LogP contribution in [0.3, 0.4) is 0 Å². The fourth-order valence-electron chi connectivity index (χ4n) is 4.26. The standard InChI is InChI=1S/C26H25FN4O3S2/c1-3-30-13-12-20-21(14-30)36-24-23(20)25(33)31(18-8-10-19(34-2)11-9-18)26(29-24)35-15-22(32)28-17-6-4-16(27)5-7-17/h4-11H,3,12-15H2,1-2H3,(H,28,32). The van der Waals surface area contributed by atoms with Gasteiger partial charge in [-0.3, -0.25) is 19.1 Å². The zero-order chi connectivity index (χ0) is 25.2. The van der Waals surface area contributed by atoms with Crippen molar-refractivity contribution >= 4 is 44.9 Å². The van der Waals surface area contributed by atoms with Crippen molar-refractivity contribution in [2.24, 2.45) is 0 Å². The molecule has 0 atom stereocenters. The molecule has 0 radical (unpaired) electrons. The van der Waals surface area contributed by atoms with Crippen molar-refractivity contribution in [3.05, 3.63) is 75.1 Å². The third-order valence-electron chi connectivity index (χ3n) is 6.16. The van der Waals surface area contributed by atoms with Crippen LogP contribution in [0.2, 0.25) is 0 Å². The SMILES string of the molecule is CCN1CCc2c(sc3nc(SCC(=O)Nc4ccc(F)cc4)n(-c4ccc(OC)cc4)c(=O)c23)C1. The highest BCUT2D eigenvalue weighted by Crippen LogP contribution is 2.34. The Labute approximate surface area is 215 Å². The summed E-state index contributed by atoms with van der Waals surface area (Å²) in [7, 11) is 1.59. The molecule has 7 nitrogen and oxygen atoms in total. The van der Waals surface area contributed by atoms with Crippen molar-refractivity contribution in [1.29, 1.82) is 0 Å². The predicted molar refractivity (Wildman–Crippen MR) is 142 cm³/mol. The Balaban J connectivity index is 1.52. The largest absolute Gasteiger partial charge is 0.497 e. The molecule has 2 aromatic heterocycles. The zero-order valence-electron chi connectivity index (χ0n) is 19.9. The maximum absolute atomic E-state index is 13.9. The van der Waals surface area contributed by atoms with Crippen LogP contribution in [0.5, 0.6) is 5.75 Å². The Kier molecular flexibility index (Phi) is 7.08. The number of nitrogens with one attached hydrogen (secondary N) is 1. The number of likely N-dealkylation sites (N-methyl/N-ethyl adjacent to an activating group) is 1. The quantitative estimate of drug-likeness (QED) is 0.279. The number of halogens is 1. The van der Waals surface area contributed by atoms with Crippen LogP contribution < -0.4 is 15.6 Å². The Morgan fingerprint density at radius 2 is 1.94 bits per heavy atom. The van der Waals surface area contributed by atoms with Gasteiger partial charge in [-0.2, -0.15) is 0 Å². The molecular formula is C26H25FN4O3S2. The van der Waals surface area contributed by atoms with Gasteiger partial charge in [0.2, 0.25) is 5.91 Å². The molecule has 0 saturated carbocycles. The van der Waals surface area contributed by atoms with E-state index >= 15 is 0 Å². The van der Waals surface area contributed by atoms with Gasteiger partial charge in [-0.1, -0.05) is 18.7 Å². The molecule has 0 bridgehead atoms. The van der Waals surface area contributed by atoms with Gasteiger partial charge in [0.1, 0.15) is 16.4 Å². The molecule has 36 heavy (non-hydrogen) atoms. The van der Waals surface area contributed by atoms with Crippen molar-refractivity contribution in [3.63, 3.8) is 0 Å². The molecule has 0 spiro atoms. The van der Waals surface area contributed by atoms with Gasteiger partial charge in [0, 0.05) is 23.7 Å². The van der Waals surface area contributed by atoms with E-state index < -0.39 is 0 Å². The molecule has 1 amide bonds. The van der Waals surface area contributed by atoms with E-state index in [1.165, 1.54) is 40.9 Å². The highest BCUT2D eigenvalue weighted by molar-refractivity contribution is 7.99. The lowest BCUT2D eigenvalue weighted by molar-refractivity contribution is -0.113. The first-order chi connectivity index (χ1) is 17.5. The molecule has 0 aliphatic carbocycles. The highest BCUT2D eigenvalue weighted by atomic mass is 32.2. The molecule has 0 saturated heterocycles. The van der Waals surface area contributed by atoms with E-state index in [2.05, 4.69) is 17.1 Å². The minimum Gasteiger partial charge on any atom is -0.497 e. The number of thioether (sulfide) groups is 1. The fourth-order valence-corrected chi connectivity index (χ4v) is 6.38. The number of fused-ring (bicyclic) bond motifs is 3. The average molecular weight is 525 g/mol. The van der Waals surface area contributed by atoms with E-state index in [9.17, 15) is 14.0 Å². The summed E-state index contributed by atoms with van der Waals surface area (Å²) in [6.07, 6.45) is 0.815. The minimum absolute atomic E-state index is 0.0418. The number of ether oxygens (including phenoxy) is 1. The van der Waals surface area contributed by atoms with E-state index in [1.807, 2.05) is 12.1 Å². The van der Waals surface area contributed by atoms with Gasteiger partial charge in [-0.05, 0) is 67.1 Å². The Hall–Kier alpha value is -3.21. The van der Waals surface area contributed by atoms with Gasteiger partial charge in [-0.25, -0.2) is 9.37 Å². The van der Waals surface area contributed by atoms with Crippen LogP contribution in [0.4, 0.5) is 10.1 Å². The molecule has 4 aromatic rings. The lowest BCUT2D eigenvalue weighted by Gasteiger charge is -2.25. The molecule has 1 N–H and O–H groups in total. The second-order valence-corrected chi connectivity index (χ2v) is 10.4. The first-order valence-corrected chi connectivity index (χ1v) is 13.4. The molecule has 1 aliphatic heterocycles. The number of nitrogens with zero attached hydrogens (tertiary/aromatic N) is 3. The number of methoxy groups -OCH3 is 1. The van der Waals surface area contributed by atoms with Gasteiger partial charge in [0.15, 0.2) is 5.16 Å². The monoisotopic (exact) mass is 524 g/mol. The van der Waals surface area contributed by atoms with Crippen LogP contribution in [0, 0.1) is 5.82 Å². The van der Waals surface area contributed by atoms with Gasteiger partial charge < -0.3 is 10.1 Å². The number of thiophene rings is 1. The summed E-state index contributed by atoms with van der Waals surface area (Å²) in [5, 5.41) is 3.87. The van der Waals surface area contributed by atoms with Crippen molar-refractivity contribution < 1.29 is 13.9 Å². The number of aromatic nitrogens is 2. The van der Waals surface area contributed by atoms with E-state index in [0.717, 1.165) is 31.6 Å².